The average Bonchev–Trinajstić information content (AvgIpc) is 3.05. The van der Waals surface area contributed by atoms with Crippen LogP contribution in [0.25, 0.3) is 0 Å². The molecule has 0 amide bonds. The fraction of sp³-hybridized carbons (Fsp3) is 1.00. The van der Waals surface area contributed by atoms with Crippen LogP contribution in [-0.2, 0) is 0 Å². The maximum absolute atomic E-state index is 10.6. The molecule has 0 saturated heterocycles. The molecule has 4 aliphatic rings. The van der Waals surface area contributed by atoms with Gasteiger partial charge in [0.1, 0.15) is 0 Å². The van der Waals surface area contributed by atoms with Crippen LogP contribution in [0.4, 0.5) is 0 Å². The second-order valence-corrected chi connectivity index (χ2v) is 6.92. The van der Waals surface area contributed by atoms with E-state index in [2.05, 4.69) is 10.2 Å². The minimum absolute atomic E-state index is 0.412. The molecule has 0 aromatic carbocycles. The van der Waals surface area contributed by atoms with Crippen LogP contribution in [0, 0.1) is 23.7 Å². The van der Waals surface area contributed by atoms with Crippen LogP contribution in [-0.4, -0.2) is 16.9 Å². The summed E-state index contributed by atoms with van der Waals surface area (Å²) >= 11 is 0. The maximum atomic E-state index is 10.6. The number of nitrogens with zero attached hydrogens (tertiary/aromatic N) is 2. The first kappa shape index (κ1) is 10.5. The Balaban J connectivity index is 1.47. The third-order valence-electron chi connectivity index (χ3n) is 5.86. The van der Waals surface area contributed by atoms with Gasteiger partial charge in [-0.1, -0.05) is 6.42 Å². The topological polar surface area (TPSA) is 45.0 Å². The summed E-state index contributed by atoms with van der Waals surface area (Å²) in [6.45, 7) is 0. The van der Waals surface area contributed by atoms with Crippen LogP contribution < -0.4 is 0 Å². The van der Waals surface area contributed by atoms with Crippen molar-refractivity contribution in [2.45, 2.75) is 63.1 Å². The van der Waals surface area contributed by atoms with Crippen molar-refractivity contribution < 1.29 is 5.11 Å². The summed E-state index contributed by atoms with van der Waals surface area (Å²) < 4.78 is 0. The molecule has 1 N–H and O–H groups in total. The Hall–Kier alpha value is -0.440. The largest absolute Gasteiger partial charge is 0.367 e. The molecule has 0 spiro atoms. The van der Waals surface area contributed by atoms with Crippen LogP contribution in [0.2, 0.25) is 0 Å². The molecular weight excluding hydrogens is 212 g/mol. The zero-order valence-corrected chi connectivity index (χ0v) is 10.4. The van der Waals surface area contributed by atoms with Crippen LogP contribution in [0.3, 0.4) is 0 Å². The van der Waals surface area contributed by atoms with Crippen molar-refractivity contribution in [3.05, 3.63) is 0 Å². The van der Waals surface area contributed by atoms with E-state index in [1.54, 1.807) is 0 Å². The molecule has 0 aromatic heterocycles. The van der Waals surface area contributed by atoms with Gasteiger partial charge in [0.25, 0.3) is 0 Å². The van der Waals surface area contributed by atoms with Crippen molar-refractivity contribution in [3.8, 4) is 0 Å². The molecule has 94 valence electrons. The molecule has 3 heteroatoms. The second-order valence-electron chi connectivity index (χ2n) is 6.92. The Kier molecular flexibility index (Phi) is 2.18. The highest BCUT2D eigenvalue weighted by Gasteiger charge is 2.51. The smallest absolute Gasteiger partial charge is 0.179 e. The zero-order valence-electron chi connectivity index (χ0n) is 10.4. The first-order chi connectivity index (χ1) is 8.23. The molecule has 4 fully saturated rings. The van der Waals surface area contributed by atoms with Gasteiger partial charge >= 0.3 is 0 Å². The summed E-state index contributed by atoms with van der Waals surface area (Å²) in [7, 11) is 0. The van der Waals surface area contributed by atoms with Crippen LogP contribution >= 0.6 is 0 Å². The summed E-state index contributed by atoms with van der Waals surface area (Å²) in [5.74, 6) is 2.84. The van der Waals surface area contributed by atoms with Gasteiger partial charge < -0.3 is 5.11 Å². The molecule has 0 radical (unpaired) electrons. The number of hydrogen-bond acceptors (Lipinski definition) is 3. The van der Waals surface area contributed by atoms with Crippen molar-refractivity contribution in [2.75, 3.05) is 0 Å². The predicted molar refractivity (Wildman–Crippen MR) is 64.5 cm³/mol. The van der Waals surface area contributed by atoms with Gasteiger partial charge in [0, 0.05) is 12.3 Å². The van der Waals surface area contributed by atoms with Gasteiger partial charge in [0.05, 0.1) is 6.04 Å². The SMILES string of the molecule is OC1(N=NC2CC3CCC2C3)CC2CCC1C2. The minimum atomic E-state index is -0.773. The van der Waals surface area contributed by atoms with E-state index in [-0.39, 0.29) is 0 Å². The standard InChI is InChI=1S/C14H22N2O/c17-14(8-10-2-4-12(14)6-10)16-15-13-7-9-1-3-11(13)5-9/h9-13,17H,1-8H2. The minimum Gasteiger partial charge on any atom is -0.367 e. The van der Waals surface area contributed by atoms with E-state index in [9.17, 15) is 5.11 Å². The van der Waals surface area contributed by atoms with Crippen molar-refractivity contribution in [1.82, 2.24) is 0 Å². The van der Waals surface area contributed by atoms with Gasteiger partial charge in [0.15, 0.2) is 5.72 Å². The third kappa shape index (κ3) is 1.58. The molecular formula is C14H22N2O. The van der Waals surface area contributed by atoms with Gasteiger partial charge in [-0.25, -0.2) is 0 Å². The Morgan fingerprint density at radius 1 is 0.941 bits per heavy atom. The van der Waals surface area contributed by atoms with E-state index >= 15 is 0 Å². The molecule has 17 heavy (non-hydrogen) atoms. The molecule has 4 bridgehead atoms. The summed E-state index contributed by atoms with van der Waals surface area (Å²) in [4.78, 5) is 0. The van der Waals surface area contributed by atoms with Gasteiger partial charge in [-0.15, -0.1) is 0 Å². The second kappa shape index (κ2) is 3.53. The normalized spacial score (nSPS) is 56.4. The van der Waals surface area contributed by atoms with E-state index < -0.39 is 5.72 Å². The molecule has 4 aliphatic carbocycles. The van der Waals surface area contributed by atoms with E-state index in [1.807, 2.05) is 0 Å². The predicted octanol–water partition coefficient (Wildman–Crippen LogP) is 3.14. The van der Waals surface area contributed by atoms with Gasteiger partial charge in [-0.2, -0.15) is 10.2 Å². The number of aliphatic hydroxyl groups is 1. The summed E-state index contributed by atoms with van der Waals surface area (Å²) in [5, 5.41) is 19.5. The molecule has 4 saturated carbocycles. The Morgan fingerprint density at radius 2 is 1.82 bits per heavy atom. The molecule has 4 rings (SSSR count). The lowest BCUT2D eigenvalue weighted by Gasteiger charge is -2.28. The Morgan fingerprint density at radius 3 is 2.41 bits per heavy atom. The van der Waals surface area contributed by atoms with Crippen LogP contribution in [0.15, 0.2) is 10.2 Å². The Labute approximate surface area is 103 Å². The zero-order chi connectivity index (χ0) is 11.5. The van der Waals surface area contributed by atoms with E-state index in [1.165, 1.54) is 38.5 Å². The molecule has 6 unspecified atom stereocenters. The van der Waals surface area contributed by atoms with Crippen molar-refractivity contribution >= 4 is 0 Å². The summed E-state index contributed by atoms with van der Waals surface area (Å²) in [5.41, 5.74) is -0.773. The highest BCUT2D eigenvalue weighted by Crippen LogP contribution is 2.52. The average molecular weight is 234 g/mol. The van der Waals surface area contributed by atoms with Crippen LogP contribution in [0.5, 0.6) is 0 Å². The van der Waals surface area contributed by atoms with E-state index in [0.717, 1.165) is 30.6 Å². The molecule has 3 nitrogen and oxygen atoms in total. The van der Waals surface area contributed by atoms with Crippen molar-refractivity contribution in [1.29, 1.82) is 0 Å². The van der Waals surface area contributed by atoms with E-state index in [4.69, 9.17) is 0 Å². The number of azo groups is 1. The van der Waals surface area contributed by atoms with Gasteiger partial charge in [-0.3, -0.25) is 0 Å². The maximum Gasteiger partial charge on any atom is 0.179 e. The number of hydrogen-bond donors (Lipinski definition) is 1. The van der Waals surface area contributed by atoms with Crippen LogP contribution in [0.1, 0.15) is 51.4 Å². The lowest BCUT2D eigenvalue weighted by atomic mass is 9.92. The molecule has 6 atom stereocenters. The number of rotatable bonds is 2. The summed E-state index contributed by atoms with van der Waals surface area (Å²) in [6.07, 6.45) is 9.89. The third-order valence-corrected chi connectivity index (χ3v) is 5.86. The highest BCUT2D eigenvalue weighted by atomic mass is 16.3. The lowest BCUT2D eigenvalue weighted by Crippen LogP contribution is -2.32. The van der Waals surface area contributed by atoms with Crippen molar-refractivity contribution in [2.24, 2.45) is 33.9 Å². The first-order valence-corrected chi connectivity index (χ1v) is 7.37. The first-order valence-electron chi connectivity index (χ1n) is 7.37. The fourth-order valence-corrected chi connectivity index (χ4v) is 4.92. The van der Waals surface area contributed by atoms with Gasteiger partial charge in [0.2, 0.25) is 0 Å². The van der Waals surface area contributed by atoms with Gasteiger partial charge in [-0.05, 0) is 56.3 Å². The fourth-order valence-electron chi connectivity index (χ4n) is 4.92. The molecule has 0 aromatic rings. The highest BCUT2D eigenvalue weighted by molar-refractivity contribution is 5.00. The lowest BCUT2D eigenvalue weighted by molar-refractivity contribution is -0.0130. The Bertz CT molecular complexity index is 356. The summed E-state index contributed by atoms with van der Waals surface area (Å²) in [6, 6.07) is 0.442. The monoisotopic (exact) mass is 234 g/mol. The molecule has 0 heterocycles. The molecule has 0 aliphatic heterocycles. The number of fused-ring (bicyclic) bond motifs is 4. The van der Waals surface area contributed by atoms with Crippen molar-refractivity contribution in [3.63, 3.8) is 0 Å². The van der Waals surface area contributed by atoms with E-state index in [0.29, 0.717) is 12.0 Å². The quantitative estimate of drug-likeness (QED) is 0.733.